The molecule has 2 fully saturated rings. The number of carbonyl (C=O) groups excluding carboxylic acids is 1. The van der Waals surface area contributed by atoms with Gasteiger partial charge in [-0.1, -0.05) is 12.5 Å². The molecule has 0 spiro atoms. The van der Waals surface area contributed by atoms with Crippen LogP contribution in [0.3, 0.4) is 0 Å². The summed E-state index contributed by atoms with van der Waals surface area (Å²) in [4.78, 5) is 18.5. The maximum atomic E-state index is 11.7. The molecule has 0 aliphatic carbocycles. The third-order valence-corrected chi connectivity index (χ3v) is 4.46. The van der Waals surface area contributed by atoms with E-state index in [-0.39, 0.29) is 0 Å². The number of rotatable bonds is 2. The SMILES string of the molecule is CC(c1cccnc1)N1C2CCCC1CC(=O)C2. The largest absolute Gasteiger partial charge is 0.300 e. The lowest BCUT2D eigenvalue weighted by molar-refractivity contribution is -0.128. The van der Waals surface area contributed by atoms with Crippen LogP contribution in [-0.4, -0.2) is 27.8 Å². The first-order valence-corrected chi connectivity index (χ1v) is 6.95. The van der Waals surface area contributed by atoms with Crippen molar-refractivity contribution in [2.45, 2.75) is 57.2 Å². The number of nitrogens with zero attached hydrogens (tertiary/aromatic N) is 2. The van der Waals surface area contributed by atoms with Gasteiger partial charge in [-0.15, -0.1) is 0 Å². The molecule has 3 rings (SSSR count). The van der Waals surface area contributed by atoms with Crippen LogP contribution in [0.1, 0.15) is 50.6 Å². The van der Waals surface area contributed by atoms with Crippen molar-refractivity contribution in [2.75, 3.05) is 0 Å². The highest BCUT2D eigenvalue weighted by Gasteiger charge is 2.40. The Morgan fingerprint density at radius 2 is 2.06 bits per heavy atom. The van der Waals surface area contributed by atoms with Crippen molar-refractivity contribution in [3.8, 4) is 0 Å². The second-order valence-electron chi connectivity index (χ2n) is 5.60. The Morgan fingerprint density at radius 3 is 2.67 bits per heavy atom. The van der Waals surface area contributed by atoms with Gasteiger partial charge in [-0.3, -0.25) is 14.7 Å². The van der Waals surface area contributed by atoms with Crippen LogP contribution < -0.4 is 0 Å². The highest BCUT2D eigenvalue weighted by molar-refractivity contribution is 5.80. The number of aromatic nitrogens is 1. The van der Waals surface area contributed by atoms with Gasteiger partial charge < -0.3 is 0 Å². The Balaban J connectivity index is 1.85. The van der Waals surface area contributed by atoms with Crippen molar-refractivity contribution in [3.63, 3.8) is 0 Å². The molecular formula is C15H20N2O. The molecule has 2 bridgehead atoms. The first kappa shape index (κ1) is 11.8. The maximum absolute atomic E-state index is 11.7. The van der Waals surface area contributed by atoms with Gasteiger partial charge in [0, 0.05) is 43.4 Å². The van der Waals surface area contributed by atoms with Crippen LogP contribution in [0.5, 0.6) is 0 Å². The fraction of sp³-hybridized carbons (Fsp3) is 0.600. The predicted octanol–water partition coefficient (Wildman–Crippen LogP) is 2.73. The fourth-order valence-corrected chi connectivity index (χ4v) is 3.64. The minimum absolute atomic E-state index is 0.377. The number of carbonyl (C=O) groups is 1. The van der Waals surface area contributed by atoms with Crippen molar-refractivity contribution in [2.24, 2.45) is 0 Å². The first-order chi connectivity index (χ1) is 8.75. The Labute approximate surface area is 108 Å². The Hall–Kier alpha value is -1.22. The van der Waals surface area contributed by atoms with E-state index in [1.54, 1.807) is 0 Å². The molecule has 18 heavy (non-hydrogen) atoms. The van der Waals surface area contributed by atoms with Crippen molar-refractivity contribution < 1.29 is 4.79 Å². The zero-order chi connectivity index (χ0) is 12.5. The van der Waals surface area contributed by atoms with Crippen LogP contribution >= 0.6 is 0 Å². The van der Waals surface area contributed by atoms with E-state index < -0.39 is 0 Å². The second kappa shape index (κ2) is 4.81. The van der Waals surface area contributed by atoms with Gasteiger partial charge in [0.1, 0.15) is 5.78 Å². The molecule has 2 saturated heterocycles. The fourth-order valence-electron chi connectivity index (χ4n) is 3.64. The van der Waals surface area contributed by atoms with Gasteiger partial charge in [0.2, 0.25) is 0 Å². The van der Waals surface area contributed by atoms with E-state index in [1.807, 2.05) is 18.5 Å². The van der Waals surface area contributed by atoms with Gasteiger partial charge in [-0.25, -0.2) is 0 Å². The molecule has 0 radical (unpaired) electrons. The summed E-state index contributed by atoms with van der Waals surface area (Å²) >= 11 is 0. The van der Waals surface area contributed by atoms with E-state index in [2.05, 4.69) is 22.9 Å². The molecule has 96 valence electrons. The van der Waals surface area contributed by atoms with Gasteiger partial charge in [-0.2, -0.15) is 0 Å². The topological polar surface area (TPSA) is 33.2 Å². The number of hydrogen-bond donors (Lipinski definition) is 0. The van der Waals surface area contributed by atoms with Gasteiger partial charge in [0.25, 0.3) is 0 Å². The molecule has 3 atom stereocenters. The Bertz CT molecular complexity index is 415. The van der Waals surface area contributed by atoms with E-state index in [0.29, 0.717) is 23.9 Å². The maximum Gasteiger partial charge on any atom is 0.136 e. The molecule has 3 heteroatoms. The highest BCUT2D eigenvalue weighted by Crippen LogP contribution is 2.38. The summed E-state index contributed by atoms with van der Waals surface area (Å²) in [5.41, 5.74) is 1.27. The summed E-state index contributed by atoms with van der Waals surface area (Å²) in [5, 5.41) is 0. The van der Waals surface area contributed by atoms with Crippen molar-refractivity contribution in [3.05, 3.63) is 30.1 Å². The molecule has 0 amide bonds. The summed E-state index contributed by atoms with van der Waals surface area (Å²) in [5.74, 6) is 0.458. The third kappa shape index (κ3) is 2.07. The molecule has 1 aromatic rings. The monoisotopic (exact) mass is 244 g/mol. The minimum atomic E-state index is 0.377. The van der Waals surface area contributed by atoms with E-state index >= 15 is 0 Å². The molecule has 0 aromatic carbocycles. The zero-order valence-electron chi connectivity index (χ0n) is 10.9. The van der Waals surface area contributed by atoms with Crippen LogP contribution in [0.25, 0.3) is 0 Å². The molecule has 3 heterocycles. The number of ketones is 1. The van der Waals surface area contributed by atoms with E-state index in [0.717, 1.165) is 12.8 Å². The van der Waals surface area contributed by atoms with Gasteiger partial charge in [0.15, 0.2) is 0 Å². The molecule has 3 unspecified atom stereocenters. The minimum Gasteiger partial charge on any atom is -0.300 e. The quantitative estimate of drug-likeness (QED) is 0.802. The third-order valence-electron chi connectivity index (χ3n) is 4.46. The number of pyridine rings is 1. The van der Waals surface area contributed by atoms with Crippen molar-refractivity contribution >= 4 is 5.78 Å². The van der Waals surface area contributed by atoms with Crippen LogP contribution in [0.15, 0.2) is 24.5 Å². The number of Topliss-reactive ketones (excluding diaryl/α,β-unsaturated/α-hetero) is 1. The summed E-state index contributed by atoms with van der Waals surface area (Å²) in [6.07, 6.45) is 8.90. The molecule has 0 N–H and O–H groups in total. The van der Waals surface area contributed by atoms with Crippen LogP contribution in [0.4, 0.5) is 0 Å². The Kier molecular flexibility index (Phi) is 3.16. The van der Waals surface area contributed by atoms with E-state index in [4.69, 9.17) is 0 Å². The molecule has 2 aliphatic rings. The van der Waals surface area contributed by atoms with E-state index in [1.165, 1.54) is 24.8 Å². The van der Waals surface area contributed by atoms with Crippen molar-refractivity contribution in [1.82, 2.24) is 9.88 Å². The second-order valence-corrected chi connectivity index (χ2v) is 5.60. The summed E-state index contributed by atoms with van der Waals surface area (Å²) in [6.45, 7) is 2.25. The van der Waals surface area contributed by atoms with Crippen molar-refractivity contribution in [1.29, 1.82) is 0 Å². The number of fused-ring (bicyclic) bond motifs is 2. The lowest BCUT2D eigenvalue weighted by atomic mass is 9.82. The highest BCUT2D eigenvalue weighted by atomic mass is 16.1. The average molecular weight is 244 g/mol. The summed E-state index contributed by atoms with van der Waals surface area (Å²) in [7, 11) is 0. The summed E-state index contributed by atoms with van der Waals surface area (Å²) < 4.78 is 0. The normalized spacial score (nSPS) is 30.2. The van der Waals surface area contributed by atoms with Gasteiger partial charge in [0.05, 0.1) is 0 Å². The standard InChI is InChI=1S/C15H20N2O/c1-11(12-4-3-7-16-10-12)17-13-5-2-6-14(17)9-15(18)8-13/h3-4,7,10-11,13-14H,2,5-6,8-9H2,1H3. The Morgan fingerprint density at radius 1 is 1.33 bits per heavy atom. The van der Waals surface area contributed by atoms with E-state index in [9.17, 15) is 4.79 Å². The lowest BCUT2D eigenvalue weighted by Gasteiger charge is -2.48. The summed E-state index contributed by atoms with van der Waals surface area (Å²) in [6, 6.07) is 5.43. The van der Waals surface area contributed by atoms with Gasteiger partial charge >= 0.3 is 0 Å². The van der Waals surface area contributed by atoms with Crippen LogP contribution in [0.2, 0.25) is 0 Å². The van der Waals surface area contributed by atoms with Crippen LogP contribution in [-0.2, 0) is 4.79 Å². The molecule has 1 aromatic heterocycles. The van der Waals surface area contributed by atoms with Crippen LogP contribution in [0, 0.1) is 0 Å². The molecular weight excluding hydrogens is 224 g/mol. The molecule has 0 saturated carbocycles. The molecule has 3 nitrogen and oxygen atoms in total. The number of hydrogen-bond acceptors (Lipinski definition) is 3. The smallest absolute Gasteiger partial charge is 0.136 e. The predicted molar refractivity (Wildman–Crippen MR) is 70.2 cm³/mol. The first-order valence-electron chi connectivity index (χ1n) is 6.95. The zero-order valence-corrected chi connectivity index (χ0v) is 10.9. The molecule has 2 aliphatic heterocycles. The van der Waals surface area contributed by atoms with Gasteiger partial charge in [-0.05, 0) is 31.4 Å². The number of piperidine rings is 2. The lowest BCUT2D eigenvalue weighted by Crippen LogP contribution is -2.53. The average Bonchev–Trinajstić information content (AvgIpc) is 2.38.